The summed E-state index contributed by atoms with van der Waals surface area (Å²) in [4.78, 5) is 23.4. The number of rotatable bonds is 4. The molecule has 5 heteroatoms. The Morgan fingerprint density at radius 2 is 1.92 bits per heavy atom. The zero-order chi connectivity index (χ0) is 17.3. The topological polar surface area (TPSA) is 46.1 Å². The molecule has 1 saturated heterocycles. The zero-order valence-electron chi connectivity index (χ0n) is 14.6. The van der Waals surface area contributed by atoms with Gasteiger partial charge in [0.1, 0.15) is 0 Å². The van der Waals surface area contributed by atoms with E-state index in [2.05, 4.69) is 49.8 Å². The van der Waals surface area contributed by atoms with Crippen LogP contribution in [-0.2, 0) is 4.79 Å². The number of hydrogen-bond acceptors (Lipinski definition) is 4. The van der Waals surface area contributed by atoms with E-state index in [1.807, 2.05) is 4.90 Å². The van der Waals surface area contributed by atoms with E-state index in [-0.39, 0.29) is 16.4 Å². The molecule has 1 aliphatic rings. The van der Waals surface area contributed by atoms with Gasteiger partial charge in [-0.05, 0) is 45.2 Å². The lowest BCUT2D eigenvalue weighted by Gasteiger charge is -2.22. The van der Waals surface area contributed by atoms with Gasteiger partial charge >= 0.3 is 0 Å². The standard InChI is InChI=1S/C19H23N3OS/c1-12-9-13(2)18(14(3)10-12)22-8-5-17(19(22)23)24-15(4)16-11-20-6-7-21-16/h6-7,9-11,15,17H,5,8H2,1-4H3/t15-,17-/m0/s1. The van der Waals surface area contributed by atoms with Crippen LogP contribution in [0.15, 0.2) is 30.7 Å². The molecule has 0 radical (unpaired) electrons. The molecule has 0 aliphatic carbocycles. The molecule has 1 fully saturated rings. The van der Waals surface area contributed by atoms with Gasteiger partial charge in [-0.25, -0.2) is 0 Å². The lowest BCUT2D eigenvalue weighted by molar-refractivity contribution is -0.116. The Hall–Kier alpha value is -1.88. The van der Waals surface area contributed by atoms with Crippen molar-refractivity contribution < 1.29 is 4.79 Å². The number of aromatic nitrogens is 2. The van der Waals surface area contributed by atoms with Crippen molar-refractivity contribution in [3.05, 3.63) is 53.1 Å². The highest BCUT2D eigenvalue weighted by Gasteiger charge is 2.35. The monoisotopic (exact) mass is 341 g/mol. The molecule has 2 atom stereocenters. The number of thioether (sulfide) groups is 1. The fourth-order valence-electron chi connectivity index (χ4n) is 3.44. The molecule has 0 unspecified atom stereocenters. The third kappa shape index (κ3) is 3.31. The minimum atomic E-state index is -0.0119. The van der Waals surface area contributed by atoms with Gasteiger partial charge in [-0.1, -0.05) is 17.7 Å². The fourth-order valence-corrected chi connectivity index (χ4v) is 4.68. The molecule has 2 aromatic rings. The molecule has 2 heterocycles. The van der Waals surface area contributed by atoms with Gasteiger partial charge < -0.3 is 4.90 Å². The summed E-state index contributed by atoms with van der Waals surface area (Å²) in [6.45, 7) is 9.15. The molecule has 3 rings (SSSR count). The average Bonchev–Trinajstić information content (AvgIpc) is 2.88. The van der Waals surface area contributed by atoms with Gasteiger partial charge in [0.05, 0.1) is 10.9 Å². The van der Waals surface area contributed by atoms with Crippen molar-refractivity contribution in [3.8, 4) is 0 Å². The number of carbonyl (C=O) groups excluding carboxylic acids is 1. The Labute approximate surface area is 147 Å². The first kappa shape index (κ1) is 17.0. The minimum Gasteiger partial charge on any atom is -0.311 e. The quantitative estimate of drug-likeness (QED) is 0.843. The number of amides is 1. The predicted molar refractivity (Wildman–Crippen MR) is 99.4 cm³/mol. The number of carbonyl (C=O) groups is 1. The van der Waals surface area contributed by atoms with Crippen LogP contribution >= 0.6 is 11.8 Å². The second kappa shape index (κ2) is 6.93. The van der Waals surface area contributed by atoms with Crippen LogP contribution in [0.3, 0.4) is 0 Å². The second-order valence-electron chi connectivity index (χ2n) is 6.42. The largest absolute Gasteiger partial charge is 0.311 e. The summed E-state index contributed by atoms with van der Waals surface area (Å²) in [7, 11) is 0. The van der Waals surface area contributed by atoms with Gasteiger partial charge in [0, 0.05) is 36.1 Å². The molecule has 0 N–H and O–H groups in total. The number of anilines is 1. The van der Waals surface area contributed by atoms with Crippen LogP contribution in [0.25, 0.3) is 0 Å². The van der Waals surface area contributed by atoms with Gasteiger partial charge in [-0.2, -0.15) is 0 Å². The van der Waals surface area contributed by atoms with Crippen molar-refractivity contribution in [3.63, 3.8) is 0 Å². The maximum atomic E-state index is 12.9. The molecule has 1 amide bonds. The van der Waals surface area contributed by atoms with E-state index in [1.165, 1.54) is 16.7 Å². The van der Waals surface area contributed by atoms with Crippen molar-refractivity contribution in [2.45, 2.75) is 44.6 Å². The van der Waals surface area contributed by atoms with Crippen molar-refractivity contribution in [2.75, 3.05) is 11.4 Å². The number of benzene rings is 1. The van der Waals surface area contributed by atoms with Crippen LogP contribution in [0.5, 0.6) is 0 Å². The lowest BCUT2D eigenvalue weighted by atomic mass is 10.0. The van der Waals surface area contributed by atoms with Crippen molar-refractivity contribution in [2.24, 2.45) is 0 Å². The number of aryl methyl sites for hydroxylation is 3. The highest BCUT2D eigenvalue weighted by molar-refractivity contribution is 8.00. The van der Waals surface area contributed by atoms with Crippen molar-refractivity contribution in [1.82, 2.24) is 9.97 Å². The van der Waals surface area contributed by atoms with E-state index in [0.717, 1.165) is 24.3 Å². The molecule has 1 aliphatic heterocycles. The SMILES string of the molecule is Cc1cc(C)c(N2CC[C@H](S[C@@H](C)c3cnccn3)C2=O)c(C)c1. The van der Waals surface area contributed by atoms with Gasteiger partial charge in [0.15, 0.2) is 0 Å². The van der Waals surface area contributed by atoms with E-state index in [1.54, 1.807) is 30.4 Å². The third-order valence-corrected chi connectivity index (χ3v) is 5.85. The molecular weight excluding hydrogens is 318 g/mol. The van der Waals surface area contributed by atoms with Crippen LogP contribution in [0.4, 0.5) is 5.69 Å². The molecule has 0 saturated carbocycles. The summed E-state index contributed by atoms with van der Waals surface area (Å²) in [5.41, 5.74) is 5.60. The Bertz CT molecular complexity index is 725. The van der Waals surface area contributed by atoms with Gasteiger partial charge in [0.2, 0.25) is 5.91 Å². The van der Waals surface area contributed by atoms with E-state index >= 15 is 0 Å². The molecule has 24 heavy (non-hydrogen) atoms. The summed E-state index contributed by atoms with van der Waals surface area (Å²) in [6.07, 6.45) is 6.03. The summed E-state index contributed by atoms with van der Waals surface area (Å²) in [6, 6.07) is 4.30. The molecule has 1 aromatic heterocycles. The first-order chi connectivity index (χ1) is 11.5. The first-order valence-electron chi connectivity index (χ1n) is 8.28. The normalized spacial score (nSPS) is 18.9. The van der Waals surface area contributed by atoms with E-state index < -0.39 is 0 Å². The Morgan fingerprint density at radius 1 is 1.21 bits per heavy atom. The van der Waals surface area contributed by atoms with Crippen LogP contribution in [0, 0.1) is 20.8 Å². The minimum absolute atomic E-state index is 0.0119. The predicted octanol–water partition coefficient (Wildman–Crippen LogP) is 4.00. The van der Waals surface area contributed by atoms with Gasteiger partial charge in [0.25, 0.3) is 0 Å². The van der Waals surface area contributed by atoms with E-state index in [0.29, 0.717) is 0 Å². The van der Waals surface area contributed by atoms with Crippen molar-refractivity contribution in [1.29, 1.82) is 0 Å². The van der Waals surface area contributed by atoms with Crippen LogP contribution in [0.2, 0.25) is 0 Å². The van der Waals surface area contributed by atoms with E-state index in [4.69, 9.17) is 0 Å². The zero-order valence-corrected chi connectivity index (χ0v) is 15.4. The van der Waals surface area contributed by atoms with Crippen molar-refractivity contribution >= 4 is 23.4 Å². The molecular formula is C19H23N3OS. The average molecular weight is 341 g/mol. The number of hydrogen-bond donors (Lipinski definition) is 0. The highest BCUT2D eigenvalue weighted by Crippen LogP contribution is 2.38. The summed E-state index contributed by atoms with van der Waals surface area (Å²) in [5, 5.41) is 0.148. The Kier molecular flexibility index (Phi) is 4.90. The van der Waals surface area contributed by atoms with Crippen LogP contribution in [-0.4, -0.2) is 27.7 Å². The van der Waals surface area contributed by atoms with Gasteiger partial charge in [-0.3, -0.25) is 14.8 Å². The maximum Gasteiger partial charge on any atom is 0.240 e. The highest BCUT2D eigenvalue weighted by atomic mass is 32.2. The smallest absolute Gasteiger partial charge is 0.240 e. The molecule has 126 valence electrons. The molecule has 0 bridgehead atoms. The summed E-state index contributed by atoms with van der Waals surface area (Å²) < 4.78 is 0. The van der Waals surface area contributed by atoms with Gasteiger partial charge in [-0.15, -0.1) is 11.8 Å². The maximum absolute atomic E-state index is 12.9. The Balaban J connectivity index is 1.76. The van der Waals surface area contributed by atoms with Crippen LogP contribution in [0.1, 0.15) is 41.0 Å². The fraction of sp³-hybridized carbons (Fsp3) is 0.421. The third-order valence-electron chi connectivity index (χ3n) is 4.43. The number of nitrogens with zero attached hydrogens (tertiary/aromatic N) is 3. The Morgan fingerprint density at radius 3 is 2.54 bits per heavy atom. The van der Waals surface area contributed by atoms with E-state index in [9.17, 15) is 4.79 Å². The molecule has 4 nitrogen and oxygen atoms in total. The lowest BCUT2D eigenvalue weighted by Crippen LogP contribution is -2.29. The summed E-state index contributed by atoms with van der Waals surface area (Å²) in [5.74, 6) is 0.214. The van der Waals surface area contributed by atoms with Crippen LogP contribution < -0.4 is 4.90 Å². The molecule has 0 spiro atoms. The first-order valence-corrected chi connectivity index (χ1v) is 9.22. The molecule has 1 aromatic carbocycles. The summed E-state index contributed by atoms with van der Waals surface area (Å²) >= 11 is 1.69. The second-order valence-corrected chi connectivity index (χ2v) is 7.97.